The number of aromatic nitrogens is 3. The number of benzene rings is 1. The predicted octanol–water partition coefficient (Wildman–Crippen LogP) is 3.99. The number of fused-ring (bicyclic) bond motifs is 1. The fraction of sp³-hybridized carbons (Fsp3) is 0.250. The molecule has 2 aromatic heterocycles. The number of halogens is 3. The van der Waals surface area contributed by atoms with Crippen molar-refractivity contribution in [3.63, 3.8) is 0 Å². The highest BCUT2D eigenvalue weighted by atomic mass is 19.4. The van der Waals surface area contributed by atoms with Gasteiger partial charge in [0.1, 0.15) is 11.8 Å². The molecule has 0 saturated heterocycles. The summed E-state index contributed by atoms with van der Waals surface area (Å²) in [6.45, 7) is 2.02. The molecule has 9 heteroatoms. The smallest absolute Gasteiger partial charge is 0.433 e. The average molecular weight is 402 g/mol. The zero-order chi connectivity index (χ0) is 20.6. The Labute approximate surface area is 164 Å². The molecule has 150 valence electrons. The summed E-state index contributed by atoms with van der Waals surface area (Å²) < 4.78 is 45.0. The van der Waals surface area contributed by atoms with E-state index in [0.717, 1.165) is 17.0 Å². The third-order valence-corrected chi connectivity index (χ3v) is 4.73. The Bertz CT molecular complexity index is 1070. The van der Waals surface area contributed by atoms with Gasteiger partial charge in [0, 0.05) is 11.6 Å². The molecule has 1 aliphatic heterocycles. The van der Waals surface area contributed by atoms with Crippen LogP contribution >= 0.6 is 0 Å². The van der Waals surface area contributed by atoms with E-state index in [9.17, 15) is 18.0 Å². The Hall–Kier alpha value is -3.36. The lowest BCUT2D eigenvalue weighted by atomic mass is 10.0. The Morgan fingerprint density at radius 2 is 2.03 bits per heavy atom. The van der Waals surface area contributed by atoms with Crippen molar-refractivity contribution in [2.24, 2.45) is 5.92 Å². The van der Waals surface area contributed by atoms with Crippen molar-refractivity contribution < 1.29 is 22.7 Å². The summed E-state index contributed by atoms with van der Waals surface area (Å²) in [5, 5.41) is 8.02. The number of amides is 1. The van der Waals surface area contributed by atoms with Crippen molar-refractivity contribution in [1.29, 1.82) is 0 Å². The number of hydrogen-bond acceptors (Lipinski definition) is 4. The summed E-state index contributed by atoms with van der Waals surface area (Å²) in [7, 11) is 0. The summed E-state index contributed by atoms with van der Waals surface area (Å²) >= 11 is 0. The summed E-state index contributed by atoms with van der Waals surface area (Å²) in [5.74, 6) is -0.270. The molecule has 2 atom stereocenters. The summed E-state index contributed by atoms with van der Waals surface area (Å²) in [6.07, 6.45) is -0.373. The minimum atomic E-state index is -4.48. The number of nitrogens with one attached hydrogen (secondary N) is 1. The first-order valence-corrected chi connectivity index (χ1v) is 8.93. The van der Waals surface area contributed by atoms with Crippen LogP contribution in [0.4, 0.5) is 19.0 Å². The minimum Gasteiger partial charge on any atom is -0.497 e. The molecule has 1 amide bonds. The maximum absolute atomic E-state index is 12.7. The highest BCUT2D eigenvalue weighted by Crippen LogP contribution is 2.28. The van der Waals surface area contributed by atoms with Crippen molar-refractivity contribution in [1.82, 2.24) is 14.8 Å². The molecular weight excluding hydrogens is 385 g/mol. The quantitative estimate of drug-likeness (QED) is 0.717. The van der Waals surface area contributed by atoms with Crippen LogP contribution in [-0.2, 0) is 22.3 Å². The minimum absolute atomic E-state index is 0.213. The fourth-order valence-electron chi connectivity index (χ4n) is 3.19. The molecule has 3 heterocycles. The molecule has 0 bridgehead atoms. The molecule has 2 unspecified atom stereocenters. The van der Waals surface area contributed by atoms with Crippen LogP contribution in [-0.4, -0.2) is 26.8 Å². The average Bonchev–Trinajstić information content (AvgIpc) is 3.26. The van der Waals surface area contributed by atoms with E-state index in [1.165, 1.54) is 18.5 Å². The Balaban J connectivity index is 1.60. The number of nitrogens with zero attached hydrogens (tertiary/aromatic N) is 3. The molecule has 0 spiro atoms. The number of rotatable bonds is 4. The van der Waals surface area contributed by atoms with E-state index in [0.29, 0.717) is 11.4 Å². The highest BCUT2D eigenvalue weighted by Gasteiger charge is 2.32. The Kier molecular flexibility index (Phi) is 4.73. The molecule has 0 aliphatic carbocycles. The first kappa shape index (κ1) is 19.0. The van der Waals surface area contributed by atoms with Crippen LogP contribution in [0.5, 0.6) is 0 Å². The second-order valence-electron chi connectivity index (χ2n) is 6.76. The number of alkyl halides is 3. The highest BCUT2D eigenvalue weighted by molar-refractivity contribution is 6.01. The van der Waals surface area contributed by atoms with Gasteiger partial charge < -0.3 is 10.1 Å². The normalized spacial score (nSPS) is 18.8. The standard InChI is InChI=1S/C20H17F3N4O2/c1-12-14(8-9-29-12)19(28)25-18-15-4-2-3-5-16(15)27(26-18)11-13-6-7-17(24-10-13)20(21,22)23/h2-10,12,14H,11H2,1H3,(H,25,26,28). The SMILES string of the molecule is CC1OC=CC1C(=O)Nc1nn(Cc2ccc(C(F)(F)F)nc2)c2ccccc12. The van der Waals surface area contributed by atoms with Gasteiger partial charge in [0.15, 0.2) is 5.82 Å². The van der Waals surface area contributed by atoms with Crippen LogP contribution in [0.25, 0.3) is 10.9 Å². The molecule has 0 radical (unpaired) electrons. The third kappa shape index (κ3) is 3.80. The van der Waals surface area contributed by atoms with Gasteiger partial charge in [-0.3, -0.25) is 14.5 Å². The van der Waals surface area contributed by atoms with E-state index in [-0.39, 0.29) is 18.6 Å². The summed E-state index contributed by atoms with van der Waals surface area (Å²) in [5.41, 5.74) is 0.360. The van der Waals surface area contributed by atoms with Gasteiger partial charge in [-0.1, -0.05) is 18.2 Å². The number of pyridine rings is 1. The van der Waals surface area contributed by atoms with E-state index >= 15 is 0 Å². The van der Waals surface area contributed by atoms with E-state index in [1.54, 1.807) is 17.7 Å². The molecule has 0 fully saturated rings. The van der Waals surface area contributed by atoms with Crippen molar-refractivity contribution in [2.75, 3.05) is 5.32 Å². The third-order valence-electron chi connectivity index (χ3n) is 4.73. The number of hydrogen-bond donors (Lipinski definition) is 1. The molecule has 29 heavy (non-hydrogen) atoms. The zero-order valence-electron chi connectivity index (χ0n) is 15.3. The van der Waals surface area contributed by atoms with Crippen LogP contribution < -0.4 is 5.32 Å². The maximum atomic E-state index is 12.7. The van der Waals surface area contributed by atoms with Gasteiger partial charge in [-0.25, -0.2) is 0 Å². The number of carbonyl (C=O) groups is 1. The molecule has 1 aromatic carbocycles. The lowest BCUT2D eigenvalue weighted by Crippen LogP contribution is -2.28. The topological polar surface area (TPSA) is 69.0 Å². The van der Waals surface area contributed by atoms with Crippen LogP contribution in [0, 0.1) is 5.92 Å². The van der Waals surface area contributed by atoms with Gasteiger partial charge in [-0.15, -0.1) is 0 Å². The van der Waals surface area contributed by atoms with Gasteiger partial charge in [0.25, 0.3) is 0 Å². The van der Waals surface area contributed by atoms with Crippen molar-refractivity contribution in [2.45, 2.75) is 25.7 Å². The molecule has 1 aliphatic rings. The number of ether oxygens (including phenoxy) is 1. The molecule has 0 saturated carbocycles. The predicted molar refractivity (Wildman–Crippen MR) is 99.9 cm³/mol. The number of para-hydroxylation sites is 1. The van der Waals surface area contributed by atoms with Crippen molar-refractivity contribution in [3.8, 4) is 0 Å². The summed E-state index contributed by atoms with van der Waals surface area (Å²) in [6, 6.07) is 9.61. The number of anilines is 1. The van der Waals surface area contributed by atoms with E-state index in [1.807, 2.05) is 24.3 Å². The largest absolute Gasteiger partial charge is 0.497 e. The molecule has 6 nitrogen and oxygen atoms in total. The fourth-order valence-corrected chi connectivity index (χ4v) is 3.19. The van der Waals surface area contributed by atoms with Crippen LogP contribution in [0.2, 0.25) is 0 Å². The first-order valence-electron chi connectivity index (χ1n) is 8.93. The maximum Gasteiger partial charge on any atom is 0.433 e. The van der Waals surface area contributed by atoms with E-state index in [2.05, 4.69) is 15.4 Å². The lowest BCUT2D eigenvalue weighted by molar-refractivity contribution is -0.141. The second-order valence-corrected chi connectivity index (χ2v) is 6.76. The van der Waals surface area contributed by atoms with Crippen LogP contribution in [0.15, 0.2) is 54.9 Å². The lowest BCUT2D eigenvalue weighted by Gasteiger charge is -2.13. The Morgan fingerprint density at radius 1 is 1.24 bits per heavy atom. The summed E-state index contributed by atoms with van der Waals surface area (Å²) in [4.78, 5) is 16.0. The van der Waals surface area contributed by atoms with Crippen molar-refractivity contribution >= 4 is 22.6 Å². The van der Waals surface area contributed by atoms with E-state index < -0.39 is 17.8 Å². The van der Waals surface area contributed by atoms with Gasteiger partial charge in [0.05, 0.1) is 24.2 Å². The van der Waals surface area contributed by atoms with Gasteiger partial charge >= 0.3 is 6.18 Å². The zero-order valence-corrected chi connectivity index (χ0v) is 15.3. The second kappa shape index (κ2) is 7.23. The van der Waals surface area contributed by atoms with Gasteiger partial charge in [0.2, 0.25) is 5.91 Å². The molecule has 4 rings (SSSR count). The first-order chi connectivity index (χ1) is 13.8. The number of carbonyl (C=O) groups excluding carboxylic acids is 1. The van der Waals surface area contributed by atoms with Gasteiger partial charge in [-0.2, -0.15) is 18.3 Å². The van der Waals surface area contributed by atoms with Crippen LogP contribution in [0.1, 0.15) is 18.2 Å². The molecule has 3 aromatic rings. The monoisotopic (exact) mass is 402 g/mol. The molecule has 1 N–H and O–H groups in total. The van der Waals surface area contributed by atoms with E-state index in [4.69, 9.17) is 4.74 Å². The van der Waals surface area contributed by atoms with Gasteiger partial charge in [-0.05, 0) is 36.8 Å². The Morgan fingerprint density at radius 3 is 2.69 bits per heavy atom. The molecular formula is C20H17F3N4O2. The van der Waals surface area contributed by atoms with Crippen molar-refractivity contribution in [3.05, 3.63) is 66.2 Å². The van der Waals surface area contributed by atoms with Crippen LogP contribution in [0.3, 0.4) is 0 Å².